The third-order valence-electron chi connectivity index (χ3n) is 4.09. The molecule has 0 aromatic rings. The summed E-state index contributed by atoms with van der Waals surface area (Å²) in [6.45, 7) is 7.16. The van der Waals surface area contributed by atoms with Crippen molar-refractivity contribution in [2.24, 2.45) is 11.8 Å². The molecule has 0 amide bonds. The van der Waals surface area contributed by atoms with Crippen LogP contribution in [0.25, 0.3) is 0 Å². The highest BCUT2D eigenvalue weighted by Crippen LogP contribution is 2.32. The Balaban J connectivity index is 1.91. The van der Waals surface area contributed by atoms with E-state index in [1.807, 2.05) is 0 Å². The maximum atomic E-state index is 3.62. The second-order valence-electron chi connectivity index (χ2n) is 5.19. The third-order valence-corrected chi connectivity index (χ3v) is 4.09. The molecule has 2 nitrogen and oxygen atoms in total. The molecule has 0 aromatic carbocycles. The summed E-state index contributed by atoms with van der Waals surface area (Å²) in [6.07, 6.45) is 5.61. The van der Waals surface area contributed by atoms with Crippen molar-refractivity contribution in [2.45, 2.75) is 51.6 Å². The summed E-state index contributed by atoms with van der Waals surface area (Å²) in [5.74, 6) is 1.90. The van der Waals surface area contributed by atoms with Gasteiger partial charge < -0.3 is 10.6 Å². The van der Waals surface area contributed by atoms with Gasteiger partial charge >= 0.3 is 0 Å². The second-order valence-corrected chi connectivity index (χ2v) is 5.19. The fourth-order valence-corrected chi connectivity index (χ4v) is 3.27. The van der Waals surface area contributed by atoms with Gasteiger partial charge in [0.25, 0.3) is 0 Å². The maximum absolute atomic E-state index is 3.62. The lowest BCUT2D eigenvalue weighted by Crippen LogP contribution is -2.46. The van der Waals surface area contributed by atoms with Gasteiger partial charge in [-0.05, 0) is 64.5 Å². The Hall–Kier alpha value is -0.0800. The highest BCUT2D eigenvalue weighted by molar-refractivity contribution is 4.87. The molecule has 4 atom stereocenters. The van der Waals surface area contributed by atoms with Crippen molar-refractivity contribution < 1.29 is 0 Å². The molecular formula is C12H24N2. The fourth-order valence-electron chi connectivity index (χ4n) is 3.27. The summed E-state index contributed by atoms with van der Waals surface area (Å²) in [7, 11) is 0. The minimum absolute atomic E-state index is 0.739. The van der Waals surface area contributed by atoms with E-state index in [0.717, 1.165) is 23.9 Å². The number of piperidine rings is 2. The van der Waals surface area contributed by atoms with Gasteiger partial charge in [0.15, 0.2) is 0 Å². The van der Waals surface area contributed by atoms with Gasteiger partial charge in [-0.15, -0.1) is 0 Å². The average molecular weight is 196 g/mol. The zero-order valence-electron chi connectivity index (χ0n) is 9.55. The van der Waals surface area contributed by atoms with Gasteiger partial charge in [-0.25, -0.2) is 0 Å². The molecule has 0 aliphatic carbocycles. The maximum Gasteiger partial charge on any atom is 0.00696 e. The van der Waals surface area contributed by atoms with Crippen molar-refractivity contribution in [3.05, 3.63) is 0 Å². The highest BCUT2D eigenvalue weighted by Gasteiger charge is 2.31. The summed E-state index contributed by atoms with van der Waals surface area (Å²) in [5, 5.41) is 7.17. The van der Waals surface area contributed by atoms with Crippen LogP contribution in [0, 0.1) is 11.8 Å². The Bertz CT molecular complexity index is 181. The summed E-state index contributed by atoms with van der Waals surface area (Å²) in [5.41, 5.74) is 0. The largest absolute Gasteiger partial charge is 0.314 e. The summed E-state index contributed by atoms with van der Waals surface area (Å²) >= 11 is 0. The van der Waals surface area contributed by atoms with E-state index < -0.39 is 0 Å². The Morgan fingerprint density at radius 2 is 1.86 bits per heavy atom. The average Bonchev–Trinajstić information content (AvgIpc) is 2.18. The van der Waals surface area contributed by atoms with E-state index >= 15 is 0 Å². The van der Waals surface area contributed by atoms with E-state index in [-0.39, 0.29) is 0 Å². The molecule has 0 saturated carbocycles. The molecule has 2 heterocycles. The normalized spacial score (nSPS) is 45.0. The molecule has 0 aromatic heterocycles. The van der Waals surface area contributed by atoms with Crippen molar-refractivity contribution in [1.82, 2.24) is 10.6 Å². The lowest BCUT2D eigenvalue weighted by Gasteiger charge is -2.40. The smallest absolute Gasteiger partial charge is 0.00696 e. The van der Waals surface area contributed by atoms with Crippen molar-refractivity contribution in [1.29, 1.82) is 0 Å². The monoisotopic (exact) mass is 196 g/mol. The van der Waals surface area contributed by atoms with Crippen LogP contribution >= 0.6 is 0 Å². The van der Waals surface area contributed by atoms with Gasteiger partial charge in [0.2, 0.25) is 0 Å². The molecule has 2 fully saturated rings. The van der Waals surface area contributed by atoms with Gasteiger partial charge in [-0.3, -0.25) is 0 Å². The molecule has 2 rings (SSSR count). The Morgan fingerprint density at radius 1 is 1.00 bits per heavy atom. The zero-order chi connectivity index (χ0) is 9.97. The van der Waals surface area contributed by atoms with Crippen LogP contribution < -0.4 is 10.6 Å². The standard InChI is InChI=1S/C12H24N2/c1-9-8-11(5-7-13-9)12-4-3-6-14-10(12)2/h9-14H,3-8H2,1-2H3. The number of rotatable bonds is 1. The molecule has 2 heteroatoms. The number of nitrogens with one attached hydrogen (secondary N) is 2. The molecule has 14 heavy (non-hydrogen) atoms. The first-order chi connectivity index (χ1) is 6.77. The summed E-state index contributed by atoms with van der Waals surface area (Å²) in [4.78, 5) is 0. The van der Waals surface area contributed by atoms with E-state index in [4.69, 9.17) is 0 Å². The lowest BCUT2D eigenvalue weighted by molar-refractivity contribution is 0.156. The van der Waals surface area contributed by atoms with E-state index in [1.165, 1.54) is 38.8 Å². The topological polar surface area (TPSA) is 24.1 Å². The predicted molar refractivity (Wildman–Crippen MR) is 60.4 cm³/mol. The molecule has 0 bridgehead atoms. The molecule has 82 valence electrons. The molecule has 0 spiro atoms. The SMILES string of the molecule is CC1CC(C2CCCNC2C)CCN1. The van der Waals surface area contributed by atoms with Gasteiger partial charge in [0, 0.05) is 12.1 Å². The molecule has 2 N–H and O–H groups in total. The van der Waals surface area contributed by atoms with Gasteiger partial charge in [-0.1, -0.05) is 0 Å². The van der Waals surface area contributed by atoms with E-state index in [1.54, 1.807) is 0 Å². The third kappa shape index (κ3) is 2.29. The quantitative estimate of drug-likeness (QED) is 0.668. The van der Waals surface area contributed by atoms with Crippen LogP contribution in [-0.2, 0) is 0 Å². The minimum atomic E-state index is 0.739. The highest BCUT2D eigenvalue weighted by atomic mass is 14.9. The molecule has 2 aliphatic rings. The Morgan fingerprint density at radius 3 is 2.57 bits per heavy atom. The fraction of sp³-hybridized carbons (Fsp3) is 1.00. The first-order valence-corrected chi connectivity index (χ1v) is 6.24. The minimum Gasteiger partial charge on any atom is -0.314 e. The van der Waals surface area contributed by atoms with Gasteiger partial charge in [0.1, 0.15) is 0 Å². The van der Waals surface area contributed by atoms with Crippen molar-refractivity contribution in [3.63, 3.8) is 0 Å². The van der Waals surface area contributed by atoms with Crippen LogP contribution in [0.5, 0.6) is 0 Å². The van der Waals surface area contributed by atoms with E-state index in [2.05, 4.69) is 24.5 Å². The predicted octanol–water partition coefficient (Wildman–Crippen LogP) is 1.76. The van der Waals surface area contributed by atoms with Crippen LogP contribution in [0.2, 0.25) is 0 Å². The second kappa shape index (κ2) is 4.63. The zero-order valence-corrected chi connectivity index (χ0v) is 9.55. The van der Waals surface area contributed by atoms with Gasteiger partial charge in [0.05, 0.1) is 0 Å². The molecule has 2 saturated heterocycles. The van der Waals surface area contributed by atoms with E-state index in [9.17, 15) is 0 Å². The molecule has 2 aliphatic heterocycles. The van der Waals surface area contributed by atoms with Crippen molar-refractivity contribution in [2.75, 3.05) is 13.1 Å². The van der Waals surface area contributed by atoms with Gasteiger partial charge in [-0.2, -0.15) is 0 Å². The van der Waals surface area contributed by atoms with Crippen LogP contribution in [-0.4, -0.2) is 25.2 Å². The van der Waals surface area contributed by atoms with Crippen molar-refractivity contribution >= 4 is 0 Å². The summed E-state index contributed by atoms with van der Waals surface area (Å²) < 4.78 is 0. The molecule has 0 radical (unpaired) electrons. The van der Waals surface area contributed by atoms with Crippen LogP contribution in [0.1, 0.15) is 39.5 Å². The number of hydrogen-bond acceptors (Lipinski definition) is 2. The summed E-state index contributed by atoms with van der Waals surface area (Å²) in [6, 6.07) is 1.49. The molecule has 4 unspecified atom stereocenters. The first-order valence-electron chi connectivity index (χ1n) is 6.24. The Kier molecular flexibility index (Phi) is 3.45. The van der Waals surface area contributed by atoms with Crippen LogP contribution in [0.4, 0.5) is 0 Å². The first kappa shape index (κ1) is 10.4. The lowest BCUT2D eigenvalue weighted by atomic mass is 9.75. The van der Waals surface area contributed by atoms with Crippen molar-refractivity contribution in [3.8, 4) is 0 Å². The van der Waals surface area contributed by atoms with E-state index in [0.29, 0.717) is 0 Å². The Labute approximate surface area is 87.8 Å². The van der Waals surface area contributed by atoms with Crippen LogP contribution in [0.15, 0.2) is 0 Å². The number of hydrogen-bond donors (Lipinski definition) is 2. The van der Waals surface area contributed by atoms with Crippen LogP contribution in [0.3, 0.4) is 0 Å². The molecular weight excluding hydrogens is 172 g/mol.